The van der Waals surface area contributed by atoms with Gasteiger partial charge in [-0.15, -0.1) is 23.4 Å². The van der Waals surface area contributed by atoms with E-state index in [1.54, 1.807) is 0 Å². The number of carbonyl (C=O) groups is 1. The molecule has 0 rings (SSSR count). The van der Waals surface area contributed by atoms with Crippen molar-refractivity contribution < 1.29 is 4.79 Å². The predicted molar refractivity (Wildman–Crippen MR) is 103 cm³/mol. The smallest absolute Gasteiger partial charge is 0.249 e. The zero-order valence-electron chi connectivity index (χ0n) is 14.3. The van der Waals surface area contributed by atoms with Crippen LogP contribution in [0.4, 0.5) is 0 Å². The highest BCUT2D eigenvalue weighted by Gasteiger charge is 2.11. The van der Waals surface area contributed by atoms with Gasteiger partial charge in [0.1, 0.15) is 0 Å². The lowest BCUT2D eigenvalue weighted by Gasteiger charge is -2.04. The second-order valence-electron chi connectivity index (χ2n) is 6.09. The van der Waals surface area contributed by atoms with Crippen molar-refractivity contribution in [3.63, 3.8) is 0 Å². The van der Waals surface area contributed by atoms with Gasteiger partial charge in [-0.3, -0.25) is 4.79 Å². The zero-order valence-corrected chi connectivity index (χ0v) is 16.6. The minimum absolute atomic E-state index is 0.447. The van der Waals surface area contributed by atoms with Gasteiger partial charge in [-0.2, -0.15) is 0 Å². The van der Waals surface area contributed by atoms with E-state index in [9.17, 15) is 4.79 Å². The molecule has 0 saturated heterocycles. The Labute approximate surface area is 152 Å². The molecule has 0 aliphatic carbocycles. The molecule has 1 atom stereocenters. The Kier molecular flexibility index (Phi) is 18.4. The summed E-state index contributed by atoms with van der Waals surface area (Å²) in [6, 6.07) is 0. The second-order valence-corrected chi connectivity index (χ2v) is 8.37. The SMILES string of the molecule is CCCCCCCCCCCCCCCCSC(Cl)C(=O)Cl. The summed E-state index contributed by atoms with van der Waals surface area (Å²) < 4.78 is -0.566. The van der Waals surface area contributed by atoms with Crippen molar-refractivity contribution >= 4 is 40.2 Å². The molecule has 0 heterocycles. The number of thioether (sulfide) groups is 1. The van der Waals surface area contributed by atoms with Crippen LogP contribution in [0.3, 0.4) is 0 Å². The molecule has 0 aromatic rings. The first-order chi connectivity index (χ1) is 10.7. The quantitative estimate of drug-likeness (QED) is 0.150. The number of carbonyl (C=O) groups excluding carboxylic acids is 1. The first kappa shape index (κ1) is 22.6. The van der Waals surface area contributed by atoms with E-state index in [2.05, 4.69) is 6.92 Å². The molecular formula is C18H34Cl2OS. The first-order valence-electron chi connectivity index (χ1n) is 9.13. The van der Waals surface area contributed by atoms with Gasteiger partial charge in [-0.25, -0.2) is 0 Å². The maximum absolute atomic E-state index is 10.7. The van der Waals surface area contributed by atoms with Gasteiger partial charge in [0.2, 0.25) is 5.24 Å². The molecule has 22 heavy (non-hydrogen) atoms. The molecular weight excluding hydrogens is 335 g/mol. The van der Waals surface area contributed by atoms with Gasteiger partial charge in [0.15, 0.2) is 4.71 Å². The van der Waals surface area contributed by atoms with Crippen molar-refractivity contribution in [2.24, 2.45) is 0 Å². The number of rotatable bonds is 17. The van der Waals surface area contributed by atoms with Crippen molar-refractivity contribution in [3.8, 4) is 0 Å². The van der Waals surface area contributed by atoms with Crippen LogP contribution in [-0.4, -0.2) is 15.7 Å². The molecule has 0 amide bonds. The monoisotopic (exact) mass is 368 g/mol. The van der Waals surface area contributed by atoms with Crippen molar-refractivity contribution in [1.29, 1.82) is 0 Å². The normalized spacial score (nSPS) is 12.5. The lowest BCUT2D eigenvalue weighted by molar-refractivity contribution is -0.110. The van der Waals surface area contributed by atoms with Gasteiger partial charge in [0.25, 0.3) is 0 Å². The molecule has 4 heteroatoms. The average Bonchev–Trinajstić information content (AvgIpc) is 2.50. The predicted octanol–water partition coefficient (Wildman–Crippen LogP) is 7.53. The van der Waals surface area contributed by atoms with Gasteiger partial charge in [0.05, 0.1) is 0 Å². The van der Waals surface area contributed by atoms with Crippen molar-refractivity contribution in [2.75, 3.05) is 5.75 Å². The minimum atomic E-state index is -0.566. The van der Waals surface area contributed by atoms with Crippen LogP contribution in [0.15, 0.2) is 0 Å². The average molecular weight is 369 g/mol. The van der Waals surface area contributed by atoms with Crippen LogP contribution in [-0.2, 0) is 4.79 Å². The molecule has 0 radical (unpaired) electrons. The Morgan fingerprint density at radius 3 is 1.50 bits per heavy atom. The second kappa shape index (κ2) is 17.9. The van der Waals surface area contributed by atoms with E-state index in [1.807, 2.05) is 0 Å². The molecule has 0 fully saturated rings. The van der Waals surface area contributed by atoms with Gasteiger partial charge in [0, 0.05) is 0 Å². The molecule has 0 aromatic carbocycles. The van der Waals surface area contributed by atoms with Crippen LogP contribution in [0, 0.1) is 0 Å². The highest BCUT2D eigenvalue weighted by atomic mass is 35.5. The highest BCUT2D eigenvalue weighted by molar-refractivity contribution is 8.02. The van der Waals surface area contributed by atoms with Crippen LogP contribution in [0.25, 0.3) is 0 Å². The zero-order chi connectivity index (χ0) is 16.5. The summed E-state index contributed by atoms with van der Waals surface area (Å²) in [6.45, 7) is 2.27. The molecule has 0 aliphatic heterocycles. The third-order valence-electron chi connectivity index (χ3n) is 3.94. The third kappa shape index (κ3) is 17.0. The summed E-state index contributed by atoms with van der Waals surface area (Å²) in [6.07, 6.45) is 19.1. The number of hydrogen-bond acceptors (Lipinski definition) is 2. The fourth-order valence-electron chi connectivity index (χ4n) is 2.55. The number of hydrogen-bond donors (Lipinski definition) is 0. The van der Waals surface area contributed by atoms with Crippen LogP contribution in [0.2, 0.25) is 0 Å². The molecule has 132 valence electrons. The molecule has 0 spiro atoms. The van der Waals surface area contributed by atoms with Crippen molar-refractivity contribution in [3.05, 3.63) is 0 Å². The maximum Gasteiger partial charge on any atom is 0.249 e. The van der Waals surface area contributed by atoms with E-state index in [0.717, 1.165) is 12.2 Å². The summed E-state index contributed by atoms with van der Waals surface area (Å²) >= 11 is 12.5. The number of halogens is 2. The molecule has 1 nitrogen and oxygen atoms in total. The van der Waals surface area contributed by atoms with Crippen LogP contribution in [0.1, 0.15) is 96.8 Å². The molecule has 0 N–H and O–H groups in total. The van der Waals surface area contributed by atoms with Gasteiger partial charge in [-0.1, -0.05) is 90.4 Å². The fourth-order valence-corrected chi connectivity index (χ4v) is 3.71. The Bertz CT molecular complexity index is 249. The summed E-state index contributed by atoms with van der Waals surface area (Å²) in [5.41, 5.74) is 0. The van der Waals surface area contributed by atoms with Crippen LogP contribution in [0.5, 0.6) is 0 Å². The maximum atomic E-state index is 10.7. The Balaban J connectivity index is 3.04. The molecule has 0 saturated carbocycles. The number of alkyl halides is 1. The summed E-state index contributed by atoms with van der Waals surface area (Å²) in [5, 5.41) is -0.447. The highest BCUT2D eigenvalue weighted by Crippen LogP contribution is 2.20. The van der Waals surface area contributed by atoms with E-state index < -0.39 is 9.95 Å². The topological polar surface area (TPSA) is 17.1 Å². The summed E-state index contributed by atoms with van der Waals surface area (Å²) in [4.78, 5) is 10.7. The Morgan fingerprint density at radius 1 is 0.773 bits per heavy atom. The summed E-state index contributed by atoms with van der Waals surface area (Å²) in [7, 11) is 0. The van der Waals surface area contributed by atoms with Gasteiger partial charge >= 0.3 is 0 Å². The molecule has 1 unspecified atom stereocenters. The first-order valence-corrected chi connectivity index (χ1v) is 11.0. The molecule has 0 aromatic heterocycles. The number of unbranched alkanes of at least 4 members (excludes halogenated alkanes) is 13. The third-order valence-corrected chi connectivity index (χ3v) is 6.01. The largest absolute Gasteiger partial charge is 0.279 e. The van der Waals surface area contributed by atoms with Crippen LogP contribution < -0.4 is 0 Å². The van der Waals surface area contributed by atoms with E-state index in [-0.39, 0.29) is 0 Å². The Morgan fingerprint density at radius 2 is 1.14 bits per heavy atom. The van der Waals surface area contributed by atoms with E-state index >= 15 is 0 Å². The lowest BCUT2D eigenvalue weighted by atomic mass is 10.0. The van der Waals surface area contributed by atoms with E-state index in [4.69, 9.17) is 23.2 Å². The minimum Gasteiger partial charge on any atom is -0.279 e. The van der Waals surface area contributed by atoms with Crippen molar-refractivity contribution in [2.45, 2.75) is 102 Å². The van der Waals surface area contributed by atoms with E-state index in [1.165, 1.54) is 95.2 Å². The van der Waals surface area contributed by atoms with E-state index in [0.29, 0.717) is 0 Å². The fraction of sp³-hybridized carbons (Fsp3) is 0.944. The van der Waals surface area contributed by atoms with Gasteiger partial charge < -0.3 is 0 Å². The summed E-state index contributed by atoms with van der Waals surface area (Å²) in [5.74, 6) is 0.935. The van der Waals surface area contributed by atoms with Crippen LogP contribution >= 0.6 is 35.0 Å². The van der Waals surface area contributed by atoms with Gasteiger partial charge in [-0.05, 0) is 23.8 Å². The van der Waals surface area contributed by atoms with Crippen molar-refractivity contribution in [1.82, 2.24) is 0 Å². The molecule has 0 bridgehead atoms. The molecule has 0 aliphatic rings. The standard InChI is InChI=1S/C18H34Cl2OS/c1-2-3-4-5-6-7-8-9-10-11-12-13-14-15-16-22-18(20)17(19)21/h18H,2-16H2,1H3. The Hall–Kier alpha value is 0.600. The lowest BCUT2D eigenvalue weighted by Crippen LogP contribution is -2.02.